The third-order valence-electron chi connectivity index (χ3n) is 2.87. The molecule has 0 aliphatic carbocycles. The van der Waals surface area contributed by atoms with Crippen molar-refractivity contribution in [2.45, 2.75) is 33.2 Å². The Morgan fingerprint density at radius 2 is 2.24 bits per heavy atom. The number of carbonyl (C=O) groups excluding carboxylic acids is 1. The smallest absolute Gasteiger partial charge is 0.241 e. The minimum atomic E-state index is -0.483. The normalized spacial score (nSPS) is 14.2. The molecule has 1 rings (SSSR count). The van der Waals surface area contributed by atoms with E-state index in [9.17, 15) is 4.79 Å². The van der Waals surface area contributed by atoms with Crippen LogP contribution in [0.4, 0.5) is 5.69 Å². The number of hydrogen-bond acceptors (Lipinski definition) is 3. The van der Waals surface area contributed by atoms with Gasteiger partial charge in [-0.3, -0.25) is 4.79 Å². The van der Waals surface area contributed by atoms with Crippen LogP contribution in [-0.2, 0) is 4.79 Å². The first-order valence-electron chi connectivity index (χ1n) is 5.65. The fourth-order valence-electron chi connectivity index (χ4n) is 1.39. The highest BCUT2D eigenvalue weighted by molar-refractivity contribution is 9.10. The van der Waals surface area contributed by atoms with Crippen molar-refractivity contribution in [2.75, 3.05) is 5.32 Å². The van der Waals surface area contributed by atoms with Crippen molar-refractivity contribution < 1.29 is 4.79 Å². The highest BCUT2D eigenvalue weighted by atomic mass is 79.9. The second-order valence-corrected chi connectivity index (χ2v) is 4.98. The van der Waals surface area contributed by atoms with Crippen LogP contribution in [0, 0.1) is 12.8 Å². The molecule has 0 saturated heterocycles. The Labute approximate surface area is 110 Å². The average molecular weight is 300 g/mol. The molecule has 1 heterocycles. The number of nitrogens with zero attached hydrogens (tertiary/aromatic N) is 1. The third-order valence-corrected chi connectivity index (χ3v) is 3.31. The zero-order valence-corrected chi connectivity index (χ0v) is 11.9. The molecule has 3 N–H and O–H groups in total. The molecule has 0 bridgehead atoms. The molecule has 0 radical (unpaired) electrons. The highest BCUT2D eigenvalue weighted by Crippen LogP contribution is 2.17. The van der Waals surface area contributed by atoms with Crippen LogP contribution in [0.2, 0.25) is 0 Å². The van der Waals surface area contributed by atoms with Crippen LogP contribution in [0.3, 0.4) is 0 Å². The molecule has 94 valence electrons. The Bertz CT molecular complexity index is 409. The second kappa shape index (κ2) is 6.12. The summed E-state index contributed by atoms with van der Waals surface area (Å²) < 4.78 is 0.749. The lowest BCUT2D eigenvalue weighted by atomic mass is 9.99. The maximum Gasteiger partial charge on any atom is 0.241 e. The van der Waals surface area contributed by atoms with Crippen LogP contribution >= 0.6 is 15.9 Å². The molecule has 0 aliphatic rings. The first-order valence-corrected chi connectivity index (χ1v) is 6.44. The van der Waals surface area contributed by atoms with E-state index in [-0.39, 0.29) is 11.8 Å². The van der Waals surface area contributed by atoms with Gasteiger partial charge in [-0.25, -0.2) is 4.98 Å². The number of halogens is 1. The quantitative estimate of drug-likeness (QED) is 0.839. The van der Waals surface area contributed by atoms with E-state index in [4.69, 9.17) is 5.73 Å². The first-order chi connectivity index (χ1) is 7.95. The molecule has 0 aliphatic heterocycles. The molecular weight excluding hydrogens is 282 g/mol. The number of nitrogens with two attached hydrogens (primary N) is 1. The zero-order chi connectivity index (χ0) is 13.0. The molecule has 4 nitrogen and oxygen atoms in total. The molecular formula is C12H18BrN3O. The van der Waals surface area contributed by atoms with Crippen LogP contribution < -0.4 is 11.1 Å². The van der Waals surface area contributed by atoms with E-state index < -0.39 is 6.04 Å². The SMILES string of the molecule is CCC(C)[C@H](N)C(=O)Nc1ccc(Br)nc1C. The number of anilines is 1. The van der Waals surface area contributed by atoms with Gasteiger partial charge in [-0.15, -0.1) is 0 Å². The highest BCUT2D eigenvalue weighted by Gasteiger charge is 2.19. The van der Waals surface area contributed by atoms with Crippen molar-refractivity contribution in [1.82, 2.24) is 4.98 Å². The van der Waals surface area contributed by atoms with E-state index in [1.807, 2.05) is 26.8 Å². The summed E-state index contributed by atoms with van der Waals surface area (Å²) in [6.07, 6.45) is 0.881. The van der Waals surface area contributed by atoms with Gasteiger partial charge in [-0.05, 0) is 40.9 Å². The summed E-state index contributed by atoms with van der Waals surface area (Å²) in [7, 11) is 0. The van der Waals surface area contributed by atoms with Gasteiger partial charge in [-0.2, -0.15) is 0 Å². The van der Waals surface area contributed by atoms with Crippen molar-refractivity contribution in [1.29, 1.82) is 0 Å². The maximum atomic E-state index is 11.9. The lowest BCUT2D eigenvalue weighted by Gasteiger charge is -2.18. The Kier molecular flexibility index (Phi) is 5.08. The molecule has 0 spiro atoms. The molecule has 1 unspecified atom stereocenters. The van der Waals surface area contributed by atoms with Crippen molar-refractivity contribution in [3.63, 3.8) is 0 Å². The van der Waals surface area contributed by atoms with Crippen molar-refractivity contribution in [2.24, 2.45) is 11.7 Å². The number of rotatable bonds is 4. The number of aromatic nitrogens is 1. The van der Waals surface area contributed by atoms with E-state index in [0.29, 0.717) is 5.69 Å². The van der Waals surface area contributed by atoms with Crippen LogP contribution in [0.15, 0.2) is 16.7 Å². The summed E-state index contributed by atoms with van der Waals surface area (Å²) in [5.74, 6) is 0.00489. The fraction of sp³-hybridized carbons (Fsp3) is 0.500. The number of hydrogen-bond donors (Lipinski definition) is 2. The van der Waals surface area contributed by atoms with Gasteiger partial charge >= 0.3 is 0 Å². The largest absolute Gasteiger partial charge is 0.323 e. The van der Waals surface area contributed by atoms with Gasteiger partial charge in [0.1, 0.15) is 4.60 Å². The van der Waals surface area contributed by atoms with Gasteiger partial charge in [0.05, 0.1) is 17.4 Å². The zero-order valence-electron chi connectivity index (χ0n) is 10.3. The van der Waals surface area contributed by atoms with Crippen LogP contribution in [-0.4, -0.2) is 16.9 Å². The molecule has 1 aromatic heterocycles. The standard InChI is InChI=1S/C12H18BrN3O/c1-4-7(2)11(14)12(17)16-9-5-6-10(13)15-8(9)3/h5-7,11H,4,14H2,1-3H3,(H,16,17)/t7?,11-/m0/s1. The van der Waals surface area contributed by atoms with Gasteiger partial charge in [0.25, 0.3) is 0 Å². The number of nitrogens with one attached hydrogen (secondary N) is 1. The molecule has 5 heteroatoms. The number of carbonyl (C=O) groups is 1. The van der Waals surface area contributed by atoms with Gasteiger partial charge in [0.15, 0.2) is 0 Å². The van der Waals surface area contributed by atoms with Crippen molar-refractivity contribution >= 4 is 27.5 Å². The first kappa shape index (κ1) is 14.1. The minimum absolute atomic E-state index is 0.161. The predicted molar refractivity (Wildman–Crippen MR) is 72.7 cm³/mol. The number of aryl methyl sites for hydroxylation is 1. The van der Waals surface area contributed by atoms with Gasteiger partial charge in [-0.1, -0.05) is 20.3 Å². The van der Waals surface area contributed by atoms with Crippen LogP contribution in [0.1, 0.15) is 26.0 Å². The lowest BCUT2D eigenvalue weighted by molar-refractivity contribution is -0.118. The maximum absolute atomic E-state index is 11.9. The Balaban J connectivity index is 2.74. The van der Waals surface area contributed by atoms with Crippen LogP contribution in [0.5, 0.6) is 0 Å². The van der Waals surface area contributed by atoms with Crippen molar-refractivity contribution in [3.05, 3.63) is 22.4 Å². The summed E-state index contributed by atoms with van der Waals surface area (Å²) in [4.78, 5) is 16.1. The summed E-state index contributed by atoms with van der Waals surface area (Å²) >= 11 is 3.28. The van der Waals surface area contributed by atoms with Crippen molar-refractivity contribution in [3.8, 4) is 0 Å². The molecule has 1 aromatic rings. The molecule has 0 saturated carbocycles. The van der Waals surface area contributed by atoms with E-state index in [1.54, 1.807) is 6.07 Å². The number of amides is 1. The molecule has 2 atom stereocenters. The molecule has 0 aromatic carbocycles. The number of pyridine rings is 1. The second-order valence-electron chi connectivity index (χ2n) is 4.17. The monoisotopic (exact) mass is 299 g/mol. The van der Waals surface area contributed by atoms with E-state index in [0.717, 1.165) is 16.7 Å². The molecule has 17 heavy (non-hydrogen) atoms. The van der Waals surface area contributed by atoms with Crippen LogP contribution in [0.25, 0.3) is 0 Å². The average Bonchev–Trinajstić information content (AvgIpc) is 2.30. The Morgan fingerprint density at radius 1 is 1.59 bits per heavy atom. The molecule has 0 fully saturated rings. The van der Waals surface area contributed by atoms with E-state index >= 15 is 0 Å². The Hall–Kier alpha value is -0.940. The summed E-state index contributed by atoms with van der Waals surface area (Å²) in [6.45, 7) is 5.83. The summed E-state index contributed by atoms with van der Waals surface area (Å²) in [5.41, 5.74) is 7.33. The summed E-state index contributed by atoms with van der Waals surface area (Å²) in [6, 6.07) is 3.12. The van der Waals surface area contributed by atoms with Gasteiger partial charge in [0.2, 0.25) is 5.91 Å². The predicted octanol–water partition coefficient (Wildman–Crippen LogP) is 2.46. The van der Waals surface area contributed by atoms with E-state index in [1.165, 1.54) is 0 Å². The molecule has 1 amide bonds. The van der Waals surface area contributed by atoms with E-state index in [2.05, 4.69) is 26.2 Å². The Morgan fingerprint density at radius 3 is 2.76 bits per heavy atom. The summed E-state index contributed by atoms with van der Waals surface area (Å²) in [5, 5.41) is 2.81. The fourth-order valence-corrected chi connectivity index (χ4v) is 1.79. The third kappa shape index (κ3) is 3.78. The van der Waals surface area contributed by atoms with Gasteiger partial charge in [0, 0.05) is 0 Å². The topological polar surface area (TPSA) is 68.0 Å². The lowest BCUT2D eigenvalue weighted by Crippen LogP contribution is -2.40. The minimum Gasteiger partial charge on any atom is -0.323 e. The van der Waals surface area contributed by atoms with Gasteiger partial charge < -0.3 is 11.1 Å².